The summed E-state index contributed by atoms with van der Waals surface area (Å²) in [7, 11) is 0. The van der Waals surface area contributed by atoms with E-state index in [1.165, 1.54) is 19.3 Å². The summed E-state index contributed by atoms with van der Waals surface area (Å²) >= 11 is 0. The van der Waals surface area contributed by atoms with Crippen LogP contribution in [0, 0.1) is 0 Å². The first-order valence-corrected chi connectivity index (χ1v) is 7.42. The summed E-state index contributed by atoms with van der Waals surface area (Å²) in [6.45, 7) is 1.24. The molecule has 0 spiro atoms. The zero-order valence-electron chi connectivity index (χ0n) is 11.2. The quantitative estimate of drug-likeness (QED) is 0.832. The Kier molecular flexibility index (Phi) is 2.13. The normalized spacial score (nSPS) is 31.1. The second kappa shape index (κ2) is 3.88. The van der Waals surface area contributed by atoms with Crippen LogP contribution in [0.25, 0.3) is 11.0 Å². The molecule has 2 N–H and O–H groups in total. The molecule has 2 bridgehead atoms. The molecule has 0 radical (unpaired) electrons. The molecule has 20 heavy (non-hydrogen) atoms. The Morgan fingerprint density at radius 1 is 1.10 bits per heavy atom. The molecule has 5 nitrogen and oxygen atoms in total. The molecule has 104 valence electrons. The van der Waals surface area contributed by atoms with E-state index < -0.39 is 0 Å². The Morgan fingerprint density at radius 2 is 1.95 bits per heavy atom. The number of aromatic nitrogens is 2. The van der Waals surface area contributed by atoms with Gasteiger partial charge in [-0.2, -0.15) is 0 Å². The lowest BCUT2D eigenvalue weighted by molar-refractivity contribution is 0.172. The molecule has 1 aromatic carbocycles. The van der Waals surface area contributed by atoms with Crippen molar-refractivity contribution < 1.29 is 9.47 Å². The SMILES string of the molecule is c1c2c(cc3[nH]c(C4CC5CCC4N5)nc13)OCCO2. The molecule has 3 aliphatic heterocycles. The number of aromatic amines is 1. The summed E-state index contributed by atoms with van der Waals surface area (Å²) in [5.74, 6) is 3.28. The van der Waals surface area contributed by atoms with E-state index >= 15 is 0 Å². The fourth-order valence-electron chi connectivity index (χ4n) is 3.87. The molecule has 2 saturated heterocycles. The first kappa shape index (κ1) is 11.0. The van der Waals surface area contributed by atoms with E-state index in [4.69, 9.17) is 14.5 Å². The fraction of sp³-hybridized carbons (Fsp3) is 0.533. The van der Waals surface area contributed by atoms with Crippen molar-refractivity contribution in [3.8, 4) is 11.5 Å². The van der Waals surface area contributed by atoms with Crippen molar-refractivity contribution in [2.24, 2.45) is 0 Å². The van der Waals surface area contributed by atoms with Crippen LogP contribution in [-0.4, -0.2) is 35.3 Å². The van der Waals surface area contributed by atoms with Crippen LogP contribution in [0.5, 0.6) is 11.5 Å². The maximum atomic E-state index is 5.63. The number of fused-ring (bicyclic) bond motifs is 4. The number of H-pyrrole nitrogens is 1. The maximum absolute atomic E-state index is 5.63. The van der Waals surface area contributed by atoms with Crippen LogP contribution < -0.4 is 14.8 Å². The molecule has 3 aliphatic rings. The standard InChI is InChI=1S/C15H17N3O2/c1-2-10-9(5-8(1)16-10)15-17-11-6-13-14(7-12(11)18-15)20-4-3-19-13/h6-10,16H,1-5H2,(H,17,18). The molecule has 2 fully saturated rings. The van der Waals surface area contributed by atoms with E-state index in [-0.39, 0.29) is 0 Å². The van der Waals surface area contributed by atoms with Crippen LogP contribution in [0.4, 0.5) is 0 Å². The van der Waals surface area contributed by atoms with Gasteiger partial charge in [0.1, 0.15) is 19.0 Å². The van der Waals surface area contributed by atoms with Gasteiger partial charge in [-0.15, -0.1) is 0 Å². The minimum atomic E-state index is 0.528. The summed E-state index contributed by atoms with van der Waals surface area (Å²) in [4.78, 5) is 8.28. The monoisotopic (exact) mass is 271 g/mol. The predicted molar refractivity (Wildman–Crippen MR) is 74.4 cm³/mol. The number of ether oxygens (including phenoxy) is 2. The highest BCUT2D eigenvalue weighted by molar-refractivity contribution is 5.80. The van der Waals surface area contributed by atoms with Crippen LogP contribution in [-0.2, 0) is 0 Å². The highest BCUT2D eigenvalue weighted by Crippen LogP contribution is 2.40. The largest absolute Gasteiger partial charge is 0.486 e. The molecule has 0 aliphatic carbocycles. The Balaban J connectivity index is 1.57. The molecule has 3 unspecified atom stereocenters. The lowest BCUT2D eigenvalue weighted by Crippen LogP contribution is -2.22. The number of hydrogen-bond acceptors (Lipinski definition) is 4. The zero-order chi connectivity index (χ0) is 13.1. The van der Waals surface area contributed by atoms with Crippen molar-refractivity contribution in [2.45, 2.75) is 37.3 Å². The lowest BCUT2D eigenvalue weighted by Gasteiger charge is -2.17. The van der Waals surface area contributed by atoms with Gasteiger partial charge >= 0.3 is 0 Å². The molecule has 2 aromatic rings. The average molecular weight is 271 g/mol. The van der Waals surface area contributed by atoms with E-state index in [1.807, 2.05) is 12.1 Å². The van der Waals surface area contributed by atoms with Gasteiger partial charge in [-0.25, -0.2) is 4.98 Å². The minimum absolute atomic E-state index is 0.528. The van der Waals surface area contributed by atoms with Gasteiger partial charge in [0, 0.05) is 30.1 Å². The van der Waals surface area contributed by atoms with Crippen LogP contribution in [0.2, 0.25) is 0 Å². The van der Waals surface area contributed by atoms with Gasteiger partial charge in [0.05, 0.1) is 11.0 Å². The Hall–Kier alpha value is -1.75. The van der Waals surface area contributed by atoms with Gasteiger partial charge in [-0.3, -0.25) is 0 Å². The lowest BCUT2D eigenvalue weighted by atomic mass is 9.89. The first-order valence-electron chi connectivity index (χ1n) is 7.42. The number of nitrogens with one attached hydrogen (secondary N) is 2. The Bertz CT molecular complexity index is 638. The second-order valence-corrected chi connectivity index (χ2v) is 6.02. The first-order chi connectivity index (χ1) is 9.87. The van der Waals surface area contributed by atoms with Gasteiger partial charge in [0.25, 0.3) is 0 Å². The predicted octanol–water partition coefficient (Wildman–Crippen LogP) is 1.94. The number of benzene rings is 1. The molecule has 5 rings (SSSR count). The highest BCUT2D eigenvalue weighted by Gasteiger charge is 2.41. The van der Waals surface area contributed by atoms with Crippen molar-refractivity contribution in [1.82, 2.24) is 15.3 Å². The molecule has 0 saturated carbocycles. The third-order valence-electron chi connectivity index (χ3n) is 4.82. The van der Waals surface area contributed by atoms with Gasteiger partial charge in [0.15, 0.2) is 11.5 Å². The molecular weight excluding hydrogens is 254 g/mol. The van der Waals surface area contributed by atoms with E-state index in [9.17, 15) is 0 Å². The zero-order valence-corrected chi connectivity index (χ0v) is 11.2. The summed E-state index contributed by atoms with van der Waals surface area (Å²) in [5.41, 5.74) is 2.03. The van der Waals surface area contributed by atoms with E-state index in [0.29, 0.717) is 31.2 Å². The molecule has 5 heteroatoms. The molecule has 0 amide bonds. The van der Waals surface area contributed by atoms with Crippen molar-refractivity contribution in [1.29, 1.82) is 0 Å². The van der Waals surface area contributed by atoms with Crippen molar-refractivity contribution >= 4 is 11.0 Å². The number of nitrogens with zero attached hydrogens (tertiary/aromatic N) is 1. The smallest absolute Gasteiger partial charge is 0.163 e. The summed E-state index contributed by atoms with van der Waals surface area (Å²) in [6.07, 6.45) is 3.80. The van der Waals surface area contributed by atoms with Crippen molar-refractivity contribution in [2.75, 3.05) is 13.2 Å². The minimum Gasteiger partial charge on any atom is -0.486 e. The van der Waals surface area contributed by atoms with Gasteiger partial charge in [0.2, 0.25) is 0 Å². The molecule has 1 aromatic heterocycles. The number of rotatable bonds is 1. The van der Waals surface area contributed by atoms with Gasteiger partial charge < -0.3 is 19.8 Å². The summed E-state index contributed by atoms with van der Waals surface area (Å²) in [5, 5.41) is 3.67. The molecular formula is C15H17N3O2. The maximum Gasteiger partial charge on any atom is 0.163 e. The fourth-order valence-corrected chi connectivity index (χ4v) is 3.87. The van der Waals surface area contributed by atoms with Crippen LogP contribution in [0.15, 0.2) is 12.1 Å². The molecule has 4 heterocycles. The Labute approximate surface area is 116 Å². The van der Waals surface area contributed by atoms with Gasteiger partial charge in [-0.1, -0.05) is 0 Å². The van der Waals surface area contributed by atoms with Crippen LogP contribution in [0.1, 0.15) is 31.0 Å². The number of hydrogen-bond donors (Lipinski definition) is 2. The van der Waals surface area contributed by atoms with Crippen molar-refractivity contribution in [3.63, 3.8) is 0 Å². The van der Waals surface area contributed by atoms with Gasteiger partial charge in [-0.05, 0) is 19.3 Å². The number of imidazole rings is 1. The van der Waals surface area contributed by atoms with Crippen molar-refractivity contribution in [3.05, 3.63) is 18.0 Å². The van der Waals surface area contributed by atoms with Crippen LogP contribution in [0.3, 0.4) is 0 Å². The van der Waals surface area contributed by atoms with E-state index in [2.05, 4.69) is 10.3 Å². The average Bonchev–Trinajstić information content (AvgIpc) is 3.18. The third-order valence-corrected chi connectivity index (χ3v) is 4.82. The second-order valence-electron chi connectivity index (χ2n) is 6.02. The summed E-state index contributed by atoms with van der Waals surface area (Å²) in [6, 6.07) is 5.30. The highest BCUT2D eigenvalue weighted by atomic mass is 16.6. The molecule has 3 atom stereocenters. The summed E-state index contributed by atoms with van der Waals surface area (Å²) < 4.78 is 11.3. The third kappa shape index (κ3) is 1.50. The van der Waals surface area contributed by atoms with E-state index in [0.717, 1.165) is 28.4 Å². The topological polar surface area (TPSA) is 59.2 Å². The van der Waals surface area contributed by atoms with Crippen LogP contribution >= 0.6 is 0 Å². The van der Waals surface area contributed by atoms with E-state index in [1.54, 1.807) is 0 Å². The Morgan fingerprint density at radius 3 is 2.70 bits per heavy atom.